The fraction of sp³-hybridized carbons (Fsp3) is 0.381. The molecule has 1 aliphatic heterocycles. The zero-order chi connectivity index (χ0) is 21.4. The zero-order valence-corrected chi connectivity index (χ0v) is 18.9. The highest BCUT2D eigenvalue weighted by atomic mass is 35.5. The number of ether oxygens (including phenoxy) is 1. The number of hydrogen-bond donors (Lipinski definition) is 2. The summed E-state index contributed by atoms with van der Waals surface area (Å²) in [5.74, 6) is 0.0804. The standard InChI is InChI=1S/C21H24ClN5O3.ClH/c1-12-17(21(29)30-2)24-20(28)18-15(10-13-6-3-4-8-16(13)22)19(25-27(12)18)26-9-5-7-14(23)11-26;/h3-4,6,8,14H,5,7,9-11,23H2,1-2H3,(H,24,28);1H/t14-;/m1./s1. The predicted molar refractivity (Wildman–Crippen MR) is 123 cm³/mol. The number of fused-ring (bicyclic) bond motifs is 1. The summed E-state index contributed by atoms with van der Waals surface area (Å²) in [5.41, 5.74) is 8.44. The zero-order valence-electron chi connectivity index (χ0n) is 17.4. The van der Waals surface area contributed by atoms with Crippen LogP contribution < -0.4 is 16.2 Å². The number of esters is 1. The monoisotopic (exact) mass is 465 g/mol. The van der Waals surface area contributed by atoms with Crippen LogP contribution in [0.5, 0.6) is 0 Å². The van der Waals surface area contributed by atoms with Crippen LogP contribution in [0.3, 0.4) is 0 Å². The van der Waals surface area contributed by atoms with Crippen LogP contribution in [-0.2, 0) is 11.2 Å². The van der Waals surface area contributed by atoms with E-state index >= 15 is 0 Å². The lowest BCUT2D eigenvalue weighted by molar-refractivity contribution is 0.0592. The number of rotatable bonds is 4. The summed E-state index contributed by atoms with van der Waals surface area (Å²) in [7, 11) is 1.27. The molecule has 31 heavy (non-hydrogen) atoms. The van der Waals surface area contributed by atoms with Gasteiger partial charge in [0.05, 0.1) is 12.8 Å². The van der Waals surface area contributed by atoms with Gasteiger partial charge < -0.3 is 20.4 Å². The van der Waals surface area contributed by atoms with Gasteiger partial charge in [0.25, 0.3) is 5.56 Å². The molecule has 0 bridgehead atoms. The molecule has 1 atom stereocenters. The molecule has 0 spiro atoms. The smallest absolute Gasteiger partial charge is 0.356 e. The van der Waals surface area contributed by atoms with Crippen molar-refractivity contribution in [2.24, 2.45) is 5.73 Å². The molecule has 1 fully saturated rings. The molecule has 4 rings (SSSR count). The third-order valence-electron chi connectivity index (χ3n) is 5.57. The molecule has 0 saturated carbocycles. The Balaban J connectivity index is 0.00000272. The van der Waals surface area contributed by atoms with E-state index in [-0.39, 0.29) is 24.1 Å². The van der Waals surface area contributed by atoms with Gasteiger partial charge in [0.2, 0.25) is 0 Å². The van der Waals surface area contributed by atoms with E-state index in [1.165, 1.54) is 11.6 Å². The highest BCUT2D eigenvalue weighted by Crippen LogP contribution is 2.30. The van der Waals surface area contributed by atoms with Crippen molar-refractivity contribution in [3.05, 3.63) is 62.2 Å². The number of nitrogens with one attached hydrogen (secondary N) is 1. The van der Waals surface area contributed by atoms with Crippen molar-refractivity contribution in [2.75, 3.05) is 25.1 Å². The summed E-state index contributed by atoms with van der Waals surface area (Å²) < 4.78 is 6.34. The minimum atomic E-state index is -0.615. The largest absolute Gasteiger partial charge is 0.464 e. The Bertz CT molecular complexity index is 1170. The number of nitrogens with two attached hydrogens (primary N) is 1. The summed E-state index contributed by atoms with van der Waals surface area (Å²) in [6.45, 7) is 3.18. The van der Waals surface area contributed by atoms with Crippen LogP contribution in [0, 0.1) is 6.92 Å². The van der Waals surface area contributed by atoms with E-state index in [9.17, 15) is 9.59 Å². The molecule has 10 heteroatoms. The molecule has 3 N–H and O–H groups in total. The van der Waals surface area contributed by atoms with Crippen LogP contribution in [0.25, 0.3) is 5.52 Å². The Hall–Kier alpha value is -2.55. The Labute approximate surface area is 190 Å². The number of methoxy groups -OCH3 is 1. The lowest BCUT2D eigenvalue weighted by Crippen LogP contribution is -2.43. The van der Waals surface area contributed by atoms with Gasteiger partial charge in [-0.15, -0.1) is 17.5 Å². The number of halogens is 2. The minimum Gasteiger partial charge on any atom is -0.464 e. The van der Waals surface area contributed by atoms with Crippen molar-refractivity contribution in [3.63, 3.8) is 0 Å². The third-order valence-corrected chi connectivity index (χ3v) is 5.94. The van der Waals surface area contributed by atoms with E-state index < -0.39 is 11.5 Å². The van der Waals surface area contributed by atoms with Gasteiger partial charge in [-0.2, -0.15) is 0 Å². The molecule has 1 aliphatic rings. The van der Waals surface area contributed by atoms with Crippen LogP contribution in [-0.4, -0.2) is 46.8 Å². The first kappa shape index (κ1) is 23.1. The third kappa shape index (κ3) is 4.28. The van der Waals surface area contributed by atoms with E-state index in [0.29, 0.717) is 35.0 Å². The highest BCUT2D eigenvalue weighted by Gasteiger charge is 2.27. The van der Waals surface area contributed by atoms with Crippen molar-refractivity contribution < 1.29 is 9.53 Å². The molecule has 8 nitrogen and oxygen atoms in total. The molecular formula is C21H25Cl2N5O3. The molecular weight excluding hydrogens is 441 g/mol. The maximum absolute atomic E-state index is 13.0. The maximum Gasteiger partial charge on any atom is 0.356 e. The topological polar surface area (TPSA) is 106 Å². The summed E-state index contributed by atoms with van der Waals surface area (Å²) in [5, 5.41) is 5.37. The van der Waals surface area contributed by atoms with Crippen LogP contribution in [0.2, 0.25) is 5.02 Å². The van der Waals surface area contributed by atoms with Crippen LogP contribution in [0.15, 0.2) is 29.1 Å². The first-order valence-electron chi connectivity index (χ1n) is 9.87. The van der Waals surface area contributed by atoms with Gasteiger partial charge in [0.1, 0.15) is 11.2 Å². The molecule has 1 saturated heterocycles. The fourth-order valence-corrected chi connectivity index (χ4v) is 4.24. The quantitative estimate of drug-likeness (QED) is 0.573. The lowest BCUT2D eigenvalue weighted by Gasteiger charge is -2.31. The molecule has 3 heterocycles. The van der Waals surface area contributed by atoms with Crippen molar-refractivity contribution >= 4 is 41.3 Å². The first-order chi connectivity index (χ1) is 14.4. The van der Waals surface area contributed by atoms with E-state index in [4.69, 9.17) is 27.2 Å². The second kappa shape index (κ2) is 9.30. The predicted octanol–water partition coefficient (Wildman–Crippen LogP) is 2.71. The highest BCUT2D eigenvalue weighted by molar-refractivity contribution is 6.31. The molecule has 166 valence electrons. The fourth-order valence-electron chi connectivity index (χ4n) is 4.04. The number of carbonyl (C=O) groups excluding carboxylic acids is 1. The second-order valence-corrected chi connectivity index (χ2v) is 7.99. The molecule has 1 aromatic carbocycles. The Morgan fingerprint density at radius 2 is 2.13 bits per heavy atom. The van der Waals surface area contributed by atoms with Crippen LogP contribution in [0.4, 0.5) is 5.82 Å². The number of piperidine rings is 1. The number of aromatic amines is 1. The number of aryl methyl sites for hydroxylation is 1. The number of anilines is 1. The van der Waals surface area contributed by atoms with Gasteiger partial charge in [0, 0.05) is 36.1 Å². The number of hydrogen-bond acceptors (Lipinski definition) is 6. The number of carbonyl (C=O) groups is 1. The van der Waals surface area contributed by atoms with E-state index in [0.717, 1.165) is 30.5 Å². The average Bonchev–Trinajstić information content (AvgIpc) is 3.12. The average molecular weight is 466 g/mol. The Morgan fingerprint density at radius 1 is 1.39 bits per heavy atom. The normalized spacial score (nSPS) is 16.3. The van der Waals surface area contributed by atoms with Crippen molar-refractivity contribution in [3.8, 4) is 0 Å². The first-order valence-corrected chi connectivity index (χ1v) is 10.2. The van der Waals surface area contributed by atoms with Crippen LogP contribution in [0.1, 0.15) is 40.2 Å². The Kier molecular flexibility index (Phi) is 6.93. The number of benzene rings is 1. The summed E-state index contributed by atoms with van der Waals surface area (Å²) >= 11 is 6.40. The van der Waals surface area contributed by atoms with E-state index in [1.54, 1.807) is 6.92 Å². The van der Waals surface area contributed by atoms with E-state index in [2.05, 4.69) is 9.88 Å². The molecule has 3 aromatic rings. The molecule has 2 aromatic heterocycles. The maximum atomic E-state index is 13.0. The van der Waals surface area contributed by atoms with Gasteiger partial charge >= 0.3 is 5.97 Å². The Morgan fingerprint density at radius 3 is 2.81 bits per heavy atom. The molecule has 0 radical (unpaired) electrons. The van der Waals surface area contributed by atoms with Crippen molar-refractivity contribution in [1.29, 1.82) is 0 Å². The minimum absolute atomic E-state index is 0. The number of nitrogens with zero attached hydrogens (tertiary/aromatic N) is 3. The molecule has 0 unspecified atom stereocenters. The van der Waals surface area contributed by atoms with Crippen LogP contribution >= 0.6 is 24.0 Å². The summed E-state index contributed by atoms with van der Waals surface area (Å²) in [4.78, 5) is 29.9. The summed E-state index contributed by atoms with van der Waals surface area (Å²) in [6, 6.07) is 7.58. The second-order valence-electron chi connectivity index (χ2n) is 7.59. The van der Waals surface area contributed by atoms with Gasteiger partial charge in [-0.25, -0.2) is 9.31 Å². The van der Waals surface area contributed by atoms with Gasteiger partial charge in [-0.3, -0.25) is 4.79 Å². The molecule has 0 aliphatic carbocycles. The number of H-pyrrole nitrogens is 1. The SMILES string of the molecule is COC(=O)c1[nH]c(=O)c2c(Cc3ccccc3Cl)c(N3CCC[C@@H](N)C3)nn2c1C.Cl. The van der Waals surface area contributed by atoms with Gasteiger partial charge in [0.15, 0.2) is 5.82 Å². The van der Waals surface area contributed by atoms with Gasteiger partial charge in [-0.05, 0) is 31.4 Å². The van der Waals surface area contributed by atoms with Crippen molar-refractivity contribution in [1.82, 2.24) is 14.6 Å². The van der Waals surface area contributed by atoms with E-state index in [1.807, 2.05) is 24.3 Å². The van der Waals surface area contributed by atoms with Gasteiger partial charge in [-0.1, -0.05) is 29.8 Å². The summed E-state index contributed by atoms with van der Waals surface area (Å²) in [6.07, 6.45) is 2.34. The lowest BCUT2D eigenvalue weighted by atomic mass is 10.0. The number of aromatic nitrogens is 3. The molecule has 0 amide bonds. The van der Waals surface area contributed by atoms with Crippen molar-refractivity contribution in [2.45, 2.75) is 32.2 Å².